The molecule has 2 rings (SSSR count). The molecule has 0 bridgehead atoms. The first-order valence-electron chi connectivity index (χ1n) is 4.49. The van der Waals surface area contributed by atoms with Crippen molar-refractivity contribution in [2.75, 3.05) is 18.9 Å². The van der Waals surface area contributed by atoms with Crippen molar-refractivity contribution in [3.05, 3.63) is 28.8 Å². The van der Waals surface area contributed by atoms with Gasteiger partial charge >= 0.3 is 0 Å². The molecule has 0 amide bonds. The van der Waals surface area contributed by atoms with Crippen LogP contribution in [0.2, 0.25) is 5.02 Å². The summed E-state index contributed by atoms with van der Waals surface area (Å²) < 4.78 is 5.10. The van der Waals surface area contributed by atoms with Gasteiger partial charge in [-0.15, -0.1) is 11.8 Å². The fourth-order valence-electron chi connectivity index (χ4n) is 1.21. The fraction of sp³-hybridized carbons (Fsp3) is 0.400. The Hall–Kier alpha value is -0.380. The monoisotopic (exact) mass is 229 g/mol. The molecule has 2 N–H and O–H groups in total. The van der Waals surface area contributed by atoms with Gasteiger partial charge in [0.15, 0.2) is 0 Å². The van der Waals surface area contributed by atoms with Crippen LogP contribution in [-0.2, 0) is 10.5 Å². The summed E-state index contributed by atoms with van der Waals surface area (Å²) in [6.45, 7) is 1.77. The van der Waals surface area contributed by atoms with Crippen LogP contribution < -0.4 is 5.73 Å². The average molecular weight is 230 g/mol. The molecule has 0 saturated carbocycles. The van der Waals surface area contributed by atoms with Crippen molar-refractivity contribution in [3.8, 4) is 0 Å². The van der Waals surface area contributed by atoms with Crippen LogP contribution in [0.1, 0.15) is 5.56 Å². The number of hydrogen-bond acceptors (Lipinski definition) is 3. The standard InChI is InChI=1S/C10H12ClNOS/c11-9-2-1-7(3-10(9)12)6-14-8-4-13-5-8/h1-3,8H,4-6,12H2. The predicted octanol–water partition coefficient (Wildman–Crippen LogP) is 2.55. The minimum absolute atomic E-state index is 0.630. The molecular weight excluding hydrogens is 218 g/mol. The Bertz CT molecular complexity index is 328. The molecule has 1 heterocycles. The molecule has 4 heteroatoms. The van der Waals surface area contributed by atoms with Crippen LogP contribution in [0.5, 0.6) is 0 Å². The maximum absolute atomic E-state index is 5.83. The smallest absolute Gasteiger partial charge is 0.0635 e. The van der Waals surface area contributed by atoms with Gasteiger partial charge in [-0.25, -0.2) is 0 Å². The molecule has 1 aliphatic heterocycles. The molecule has 1 aromatic carbocycles. The second-order valence-electron chi connectivity index (χ2n) is 3.33. The van der Waals surface area contributed by atoms with Crippen molar-refractivity contribution >= 4 is 29.1 Å². The average Bonchev–Trinajstić information content (AvgIpc) is 2.08. The Morgan fingerprint density at radius 1 is 1.50 bits per heavy atom. The quantitative estimate of drug-likeness (QED) is 0.810. The second-order valence-corrected chi connectivity index (χ2v) is 5.02. The highest BCUT2D eigenvalue weighted by Gasteiger charge is 2.18. The third-order valence-corrected chi connectivity index (χ3v) is 3.74. The first kappa shape index (κ1) is 10.1. The summed E-state index contributed by atoms with van der Waals surface area (Å²) in [5.74, 6) is 0.982. The van der Waals surface area contributed by atoms with Crippen LogP contribution in [0, 0.1) is 0 Å². The molecule has 1 fully saturated rings. The first-order valence-corrected chi connectivity index (χ1v) is 5.91. The van der Waals surface area contributed by atoms with Crippen molar-refractivity contribution in [2.24, 2.45) is 0 Å². The maximum Gasteiger partial charge on any atom is 0.0635 e. The Morgan fingerprint density at radius 2 is 2.29 bits per heavy atom. The number of nitrogens with two attached hydrogens (primary N) is 1. The van der Waals surface area contributed by atoms with E-state index in [0.29, 0.717) is 16.0 Å². The van der Waals surface area contributed by atoms with Crippen molar-refractivity contribution in [1.82, 2.24) is 0 Å². The molecule has 0 aliphatic carbocycles. The molecule has 0 spiro atoms. The largest absolute Gasteiger partial charge is 0.398 e. The zero-order chi connectivity index (χ0) is 9.97. The van der Waals surface area contributed by atoms with Gasteiger partial charge in [-0.05, 0) is 17.7 Å². The van der Waals surface area contributed by atoms with E-state index in [1.54, 1.807) is 0 Å². The highest BCUT2D eigenvalue weighted by atomic mass is 35.5. The molecule has 1 saturated heterocycles. The Morgan fingerprint density at radius 3 is 2.86 bits per heavy atom. The van der Waals surface area contributed by atoms with Crippen molar-refractivity contribution in [2.45, 2.75) is 11.0 Å². The second kappa shape index (κ2) is 4.43. The van der Waals surface area contributed by atoms with Crippen LogP contribution >= 0.6 is 23.4 Å². The van der Waals surface area contributed by atoms with Gasteiger partial charge in [-0.1, -0.05) is 17.7 Å². The van der Waals surface area contributed by atoms with Gasteiger partial charge in [0.05, 0.1) is 29.2 Å². The lowest BCUT2D eigenvalue weighted by atomic mass is 10.2. The Labute approximate surface area is 92.8 Å². The summed E-state index contributed by atoms with van der Waals surface area (Å²) in [6.07, 6.45) is 0. The highest BCUT2D eigenvalue weighted by Crippen LogP contribution is 2.26. The van der Waals surface area contributed by atoms with Gasteiger partial charge in [-0.3, -0.25) is 0 Å². The van der Waals surface area contributed by atoms with Gasteiger partial charge in [0.1, 0.15) is 0 Å². The number of rotatable bonds is 3. The van der Waals surface area contributed by atoms with E-state index in [0.717, 1.165) is 19.0 Å². The van der Waals surface area contributed by atoms with Gasteiger partial charge < -0.3 is 10.5 Å². The molecule has 76 valence electrons. The van der Waals surface area contributed by atoms with Gasteiger partial charge in [0.2, 0.25) is 0 Å². The van der Waals surface area contributed by atoms with Crippen LogP contribution in [0.3, 0.4) is 0 Å². The summed E-state index contributed by atoms with van der Waals surface area (Å²) >= 11 is 7.74. The summed E-state index contributed by atoms with van der Waals surface area (Å²) in [5.41, 5.74) is 7.60. The molecule has 0 atom stereocenters. The van der Waals surface area contributed by atoms with Crippen LogP contribution in [0.25, 0.3) is 0 Å². The Balaban J connectivity index is 1.91. The zero-order valence-corrected chi connectivity index (χ0v) is 9.27. The van der Waals surface area contributed by atoms with Gasteiger partial charge in [0.25, 0.3) is 0 Å². The first-order chi connectivity index (χ1) is 6.75. The van der Waals surface area contributed by atoms with E-state index in [2.05, 4.69) is 0 Å². The number of halogens is 1. The fourth-order valence-corrected chi connectivity index (χ4v) is 2.32. The molecule has 2 nitrogen and oxygen atoms in total. The van der Waals surface area contributed by atoms with Crippen molar-refractivity contribution in [1.29, 1.82) is 0 Å². The Kier molecular flexibility index (Phi) is 3.21. The summed E-state index contributed by atoms with van der Waals surface area (Å²) in [4.78, 5) is 0. The van der Waals surface area contributed by atoms with Crippen molar-refractivity contribution in [3.63, 3.8) is 0 Å². The molecule has 0 unspecified atom stereocenters. The number of anilines is 1. The van der Waals surface area contributed by atoms with E-state index in [4.69, 9.17) is 22.1 Å². The predicted molar refractivity (Wildman–Crippen MR) is 61.8 cm³/mol. The third kappa shape index (κ3) is 2.35. The third-order valence-electron chi connectivity index (χ3n) is 2.15. The summed E-state index contributed by atoms with van der Waals surface area (Å²) in [5, 5.41) is 1.29. The molecule has 14 heavy (non-hydrogen) atoms. The minimum atomic E-state index is 0.630. The molecule has 0 aromatic heterocycles. The number of benzene rings is 1. The normalized spacial score (nSPS) is 16.6. The number of thioether (sulfide) groups is 1. The highest BCUT2D eigenvalue weighted by molar-refractivity contribution is 7.99. The van der Waals surface area contributed by atoms with Crippen molar-refractivity contribution < 1.29 is 4.74 Å². The lowest BCUT2D eigenvalue weighted by molar-refractivity contribution is 0.0455. The number of hydrogen-bond donors (Lipinski definition) is 1. The van der Waals surface area contributed by atoms with Crippen LogP contribution in [-0.4, -0.2) is 18.5 Å². The lowest BCUT2D eigenvalue weighted by Gasteiger charge is -2.25. The molecular formula is C10H12ClNOS. The van der Waals surface area contributed by atoms with Gasteiger partial charge in [0, 0.05) is 5.75 Å². The number of nitrogen functional groups attached to an aromatic ring is 1. The van der Waals surface area contributed by atoms with E-state index in [1.807, 2.05) is 30.0 Å². The van der Waals surface area contributed by atoms with Crippen LogP contribution in [0.4, 0.5) is 5.69 Å². The summed E-state index contributed by atoms with van der Waals surface area (Å²) in [7, 11) is 0. The topological polar surface area (TPSA) is 35.2 Å². The molecule has 1 aromatic rings. The SMILES string of the molecule is Nc1cc(CSC2COC2)ccc1Cl. The van der Waals surface area contributed by atoms with E-state index < -0.39 is 0 Å². The van der Waals surface area contributed by atoms with E-state index >= 15 is 0 Å². The number of ether oxygens (including phenoxy) is 1. The minimum Gasteiger partial charge on any atom is -0.398 e. The van der Waals surface area contributed by atoms with E-state index in [9.17, 15) is 0 Å². The van der Waals surface area contributed by atoms with Gasteiger partial charge in [-0.2, -0.15) is 0 Å². The molecule has 0 radical (unpaired) electrons. The lowest BCUT2D eigenvalue weighted by Crippen LogP contribution is -2.30. The maximum atomic E-state index is 5.83. The van der Waals surface area contributed by atoms with E-state index in [-0.39, 0.29) is 0 Å². The van der Waals surface area contributed by atoms with Crippen LogP contribution in [0.15, 0.2) is 18.2 Å². The summed E-state index contributed by atoms with van der Waals surface area (Å²) in [6, 6.07) is 5.81. The zero-order valence-electron chi connectivity index (χ0n) is 7.70. The van der Waals surface area contributed by atoms with E-state index in [1.165, 1.54) is 5.56 Å². The molecule has 1 aliphatic rings.